The van der Waals surface area contributed by atoms with E-state index in [1.807, 2.05) is 5.10 Å². The minimum atomic E-state index is -4.55. The van der Waals surface area contributed by atoms with Crippen molar-refractivity contribution >= 4 is 16.6 Å². The lowest BCUT2D eigenvalue weighted by atomic mass is 10.2. The number of hydrogen-bond donors (Lipinski definition) is 2. The number of alkyl halides is 3. The predicted molar refractivity (Wildman–Crippen MR) is 79.3 cm³/mol. The van der Waals surface area contributed by atoms with E-state index in [4.69, 9.17) is 4.74 Å². The molecule has 3 rings (SSSR count). The summed E-state index contributed by atoms with van der Waals surface area (Å²) < 4.78 is 56.3. The first-order valence-corrected chi connectivity index (χ1v) is 6.96. The number of aromatic amines is 1. The third-order valence-electron chi connectivity index (χ3n) is 3.27. The van der Waals surface area contributed by atoms with E-state index < -0.39 is 17.7 Å². The highest BCUT2D eigenvalue weighted by atomic mass is 19.4. The highest BCUT2D eigenvalue weighted by Gasteiger charge is 2.36. The third kappa shape index (κ3) is 3.39. The molecule has 0 fully saturated rings. The molecule has 2 heterocycles. The highest BCUT2D eigenvalue weighted by Crippen LogP contribution is 2.34. The number of benzene rings is 1. The molecule has 2 N–H and O–H groups in total. The van der Waals surface area contributed by atoms with Crippen LogP contribution >= 0.6 is 0 Å². The molecule has 24 heavy (non-hydrogen) atoms. The van der Waals surface area contributed by atoms with Crippen LogP contribution in [0.5, 0.6) is 5.75 Å². The molecular formula is C15H12F4N4O. The Bertz CT molecular complexity index is 847. The van der Waals surface area contributed by atoms with Crippen LogP contribution in [0.25, 0.3) is 10.9 Å². The van der Waals surface area contributed by atoms with E-state index in [-0.39, 0.29) is 18.9 Å². The Labute approximate surface area is 133 Å². The molecule has 0 aliphatic carbocycles. The average Bonchev–Trinajstić information content (AvgIpc) is 3.00. The van der Waals surface area contributed by atoms with E-state index in [1.54, 1.807) is 12.1 Å². The average molecular weight is 340 g/mol. The van der Waals surface area contributed by atoms with Crippen molar-refractivity contribution in [3.63, 3.8) is 0 Å². The maximum Gasteiger partial charge on any atom is 0.436 e. The van der Waals surface area contributed by atoms with Gasteiger partial charge in [-0.2, -0.15) is 18.3 Å². The molecule has 3 aromatic rings. The van der Waals surface area contributed by atoms with Crippen molar-refractivity contribution in [1.82, 2.24) is 15.2 Å². The first-order chi connectivity index (χ1) is 11.4. The van der Waals surface area contributed by atoms with E-state index in [0.717, 1.165) is 6.20 Å². The lowest BCUT2D eigenvalue weighted by molar-refractivity contribution is -0.142. The number of hydrogen-bond acceptors (Lipinski definition) is 4. The number of anilines is 1. The Kier molecular flexibility index (Phi) is 4.24. The second-order valence-corrected chi connectivity index (χ2v) is 4.90. The summed E-state index contributed by atoms with van der Waals surface area (Å²) in [6, 6.07) is 5.89. The Morgan fingerprint density at radius 2 is 2.04 bits per heavy atom. The first-order valence-electron chi connectivity index (χ1n) is 6.96. The van der Waals surface area contributed by atoms with Crippen molar-refractivity contribution in [2.45, 2.75) is 6.18 Å². The fraction of sp³-hybridized carbons (Fsp3) is 0.200. The summed E-state index contributed by atoms with van der Waals surface area (Å²) in [5, 5.41) is 8.95. The van der Waals surface area contributed by atoms with Gasteiger partial charge in [-0.1, -0.05) is 0 Å². The second kappa shape index (κ2) is 6.34. The number of pyridine rings is 1. The number of nitrogens with one attached hydrogen (secondary N) is 2. The molecule has 2 aromatic heterocycles. The van der Waals surface area contributed by atoms with Gasteiger partial charge in [0.1, 0.15) is 12.4 Å². The molecule has 0 unspecified atom stereocenters. The molecule has 0 atom stereocenters. The van der Waals surface area contributed by atoms with Gasteiger partial charge in [0.25, 0.3) is 0 Å². The Morgan fingerprint density at radius 1 is 1.21 bits per heavy atom. The van der Waals surface area contributed by atoms with Crippen LogP contribution in [0, 0.1) is 5.82 Å². The van der Waals surface area contributed by atoms with Crippen LogP contribution in [0.1, 0.15) is 5.69 Å². The maximum absolute atomic E-state index is 13.2. The van der Waals surface area contributed by atoms with Gasteiger partial charge in [0.15, 0.2) is 11.4 Å². The number of rotatable bonds is 5. The predicted octanol–water partition coefficient (Wildman–Crippen LogP) is 3.61. The highest BCUT2D eigenvalue weighted by molar-refractivity contribution is 5.90. The normalized spacial score (nSPS) is 11.7. The molecule has 0 bridgehead atoms. The van der Waals surface area contributed by atoms with E-state index in [9.17, 15) is 17.6 Å². The van der Waals surface area contributed by atoms with Gasteiger partial charge in [-0.05, 0) is 18.2 Å². The van der Waals surface area contributed by atoms with E-state index >= 15 is 0 Å². The third-order valence-corrected chi connectivity index (χ3v) is 3.27. The monoisotopic (exact) mass is 340 g/mol. The van der Waals surface area contributed by atoms with Crippen molar-refractivity contribution in [3.05, 3.63) is 48.2 Å². The summed E-state index contributed by atoms with van der Waals surface area (Å²) in [6.07, 6.45) is -2.05. The van der Waals surface area contributed by atoms with Crippen molar-refractivity contribution < 1.29 is 22.3 Å². The molecule has 1 aromatic carbocycles. The molecule has 0 saturated heterocycles. The van der Waals surface area contributed by atoms with Crippen LogP contribution in [0.4, 0.5) is 23.2 Å². The topological polar surface area (TPSA) is 62.8 Å². The van der Waals surface area contributed by atoms with Crippen LogP contribution in [-0.2, 0) is 6.18 Å². The summed E-state index contributed by atoms with van der Waals surface area (Å²) in [5.41, 5.74) is 0.147. The minimum Gasteiger partial charge on any atom is -0.488 e. The molecule has 5 nitrogen and oxygen atoms in total. The Morgan fingerprint density at radius 3 is 2.83 bits per heavy atom. The summed E-state index contributed by atoms with van der Waals surface area (Å²) >= 11 is 0. The van der Waals surface area contributed by atoms with Crippen molar-refractivity contribution in [3.8, 4) is 5.75 Å². The summed E-state index contributed by atoms with van der Waals surface area (Å²) in [4.78, 5) is 4.06. The lowest BCUT2D eigenvalue weighted by Crippen LogP contribution is -2.14. The standard InChI is InChI=1S/C15H12F4N4O/c16-9-1-2-10-11(3-4-20-12(10)7-9)21-5-6-24-13-8-22-23-14(13)15(17,18)19/h1-4,7-8H,5-6H2,(H,20,21)(H,22,23). The van der Waals surface area contributed by atoms with Gasteiger partial charge in [-0.15, -0.1) is 0 Å². The molecular weight excluding hydrogens is 328 g/mol. The number of ether oxygens (including phenoxy) is 1. The molecule has 9 heteroatoms. The number of H-pyrrole nitrogens is 1. The van der Waals surface area contributed by atoms with Crippen LogP contribution in [0.2, 0.25) is 0 Å². The fourth-order valence-electron chi connectivity index (χ4n) is 2.21. The quantitative estimate of drug-likeness (QED) is 0.550. The number of aromatic nitrogens is 3. The summed E-state index contributed by atoms with van der Waals surface area (Å²) in [7, 11) is 0. The van der Waals surface area contributed by atoms with Gasteiger partial charge in [-0.3, -0.25) is 10.1 Å². The zero-order chi connectivity index (χ0) is 17.2. The van der Waals surface area contributed by atoms with Gasteiger partial charge in [0.05, 0.1) is 11.7 Å². The molecule has 0 aliphatic heterocycles. The van der Waals surface area contributed by atoms with Crippen molar-refractivity contribution in [1.29, 1.82) is 0 Å². The number of halogens is 4. The second-order valence-electron chi connectivity index (χ2n) is 4.90. The number of fused-ring (bicyclic) bond motifs is 1. The van der Waals surface area contributed by atoms with E-state index in [0.29, 0.717) is 16.6 Å². The van der Waals surface area contributed by atoms with Crippen molar-refractivity contribution in [2.24, 2.45) is 0 Å². The summed E-state index contributed by atoms with van der Waals surface area (Å²) in [6.45, 7) is 0.243. The van der Waals surface area contributed by atoms with Crippen LogP contribution in [-0.4, -0.2) is 28.3 Å². The van der Waals surface area contributed by atoms with E-state index in [1.165, 1.54) is 18.3 Å². The largest absolute Gasteiger partial charge is 0.488 e. The molecule has 0 saturated carbocycles. The van der Waals surface area contributed by atoms with Gasteiger partial charge in [0.2, 0.25) is 0 Å². The first kappa shape index (κ1) is 16.0. The zero-order valence-corrected chi connectivity index (χ0v) is 12.2. The summed E-state index contributed by atoms with van der Waals surface area (Å²) in [5.74, 6) is -0.749. The van der Waals surface area contributed by atoms with Gasteiger partial charge in [-0.25, -0.2) is 4.39 Å². The smallest absolute Gasteiger partial charge is 0.436 e. The van der Waals surface area contributed by atoms with E-state index in [2.05, 4.69) is 15.4 Å². The van der Waals surface area contributed by atoms with Gasteiger partial charge >= 0.3 is 6.18 Å². The molecule has 0 aliphatic rings. The lowest BCUT2D eigenvalue weighted by Gasteiger charge is -2.11. The van der Waals surface area contributed by atoms with Crippen LogP contribution in [0.15, 0.2) is 36.7 Å². The molecule has 0 spiro atoms. The molecule has 0 amide bonds. The SMILES string of the molecule is Fc1ccc2c(NCCOc3cn[nH]c3C(F)(F)F)ccnc2c1. The molecule has 126 valence electrons. The van der Waals surface area contributed by atoms with Crippen molar-refractivity contribution in [2.75, 3.05) is 18.5 Å². The minimum absolute atomic E-state index is 0.00633. The van der Waals surface area contributed by atoms with Crippen LogP contribution in [0.3, 0.4) is 0 Å². The van der Waals surface area contributed by atoms with Crippen LogP contribution < -0.4 is 10.1 Å². The van der Waals surface area contributed by atoms with Gasteiger partial charge < -0.3 is 10.1 Å². The fourth-order valence-corrected chi connectivity index (χ4v) is 2.21. The maximum atomic E-state index is 13.2. The number of nitrogens with zero attached hydrogens (tertiary/aromatic N) is 2. The van der Waals surface area contributed by atoms with Gasteiger partial charge in [0, 0.05) is 29.9 Å². The Balaban J connectivity index is 1.63. The Hall–Kier alpha value is -2.84. The zero-order valence-electron chi connectivity index (χ0n) is 12.2. The molecule has 0 radical (unpaired) electrons.